The van der Waals surface area contributed by atoms with Crippen LogP contribution in [-0.2, 0) is 12.6 Å². The molecule has 3 nitrogen and oxygen atoms in total. The Balaban J connectivity index is 0.000000732. The van der Waals surface area contributed by atoms with Crippen molar-refractivity contribution in [2.75, 3.05) is 0 Å². The zero-order valence-corrected chi connectivity index (χ0v) is 23.9. The van der Waals surface area contributed by atoms with Gasteiger partial charge >= 0.3 is 6.18 Å². The summed E-state index contributed by atoms with van der Waals surface area (Å²) in [5, 5.41) is 22.7. The molecule has 1 aromatic heterocycles. The number of hydrogen-bond donors (Lipinski definition) is 2. The Morgan fingerprint density at radius 1 is 1.13 bits per heavy atom. The van der Waals surface area contributed by atoms with E-state index < -0.39 is 23.9 Å². The van der Waals surface area contributed by atoms with E-state index in [0.717, 1.165) is 59.7 Å². The molecule has 2 aromatic rings. The fourth-order valence-electron chi connectivity index (χ4n) is 5.34. The zero-order valence-electron chi connectivity index (χ0n) is 23.9. The number of rotatable bonds is 5. The van der Waals surface area contributed by atoms with Crippen LogP contribution in [0.1, 0.15) is 138 Å². The maximum Gasteiger partial charge on any atom is 0.416 e. The summed E-state index contributed by atoms with van der Waals surface area (Å²) in [4.78, 5) is 4.94. The summed E-state index contributed by atoms with van der Waals surface area (Å²) >= 11 is 0. The molecule has 2 atom stereocenters. The van der Waals surface area contributed by atoms with Gasteiger partial charge in [0.15, 0.2) is 0 Å². The molecule has 4 rings (SSSR count). The number of nitrogens with zero attached hydrogens (tertiary/aromatic N) is 1. The molecule has 1 heterocycles. The Morgan fingerprint density at radius 2 is 1.79 bits per heavy atom. The van der Waals surface area contributed by atoms with E-state index in [1.165, 1.54) is 18.6 Å². The van der Waals surface area contributed by atoms with E-state index in [-0.39, 0.29) is 16.9 Å². The maximum atomic E-state index is 13.4. The first kappa shape index (κ1) is 30.4. The van der Waals surface area contributed by atoms with Gasteiger partial charge < -0.3 is 10.2 Å². The second-order valence-corrected chi connectivity index (χ2v) is 12.3. The molecule has 2 aliphatic rings. The number of hydrogen-bond acceptors (Lipinski definition) is 3. The van der Waals surface area contributed by atoms with Gasteiger partial charge in [-0.2, -0.15) is 13.2 Å². The van der Waals surface area contributed by atoms with E-state index in [1.807, 2.05) is 13.8 Å². The van der Waals surface area contributed by atoms with Gasteiger partial charge in [-0.05, 0) is 78.2 Å². The highest BCUT2D eigenvalue weighted by Crippen LogP contribution is 2.48. The van der Waals surface area contributed by atoms with Crippen LogP contribution in [0.3, 0.4) is 0 Å². The van der Waals surface area contributed by atoms with Gasteiger partial charge in [-0.3, -0.25) is 4.98 Å². The first-order chi connectivity index (χ1) is 17.7. The first-order valence-corrected chi connectivity index (χ1v) is 14.0. The van der Waals surface area contributed by atoms with Crippen molar-refractivity contribution < 1.29 is 23.4 Å². The first-order valence-electron chi connectivity index (χ1n) is 14.0. The second kappa shape index (κ2) is 11.9. The highest BCUT2D eigenvalue weighted by Gasteiger charge is 2.38. The van der Waals surface area contributed by atoms with E-state index in [0.29, 0.717) is 24.1 Å². The average molecular weight is 532 g/mol. The van der Waals surface area contributed by atoms with Crippen LogP contribution in [0.5, 0.6) is 0 Å². The minimum absolute atomic E-state index is 0.0475. The third-order valence-corrected chi connectivity index (χ3v) is 7.63. The summed E-state index contributed by atoms with van der Waals surface area (Å²) < 4.78 is 40.1. The molecular formula is C32H44F3NO2. The summed E-state index contributed by atoms with van der Waals surface area (Å²) in [7, 11) is 0. The van der Waals surface area contributed by atoms with E-state index in [9.17, 15) is 23.4 Å². The van der Waals surface area contributed by atoms with Crippen LogP contribution >= 0.6 is 0 Å². The Labute approximate surface area is 226 Å². The highest BCUT2D eigenvalue weighted by molar-refractivity contribution is 5.75. The summed E-state index contributed by atoms with van der Waals surface area (Å²) in [6.45, 7) is 14.8. The molecule has 2 aliphatic carbocycles. The monoisotopic (exact) mass is 531 g/mol. The van der Waals surface area contributed by atoms with Gasteiger partial charge in [-0.15, -0.1) is 0 Å². The Hall–Kier alpha value is -2.18. The lowest BCUT2D eigenvalue weighted by molar-refractivity contribution is -0.137. The van der Waals surface area contributed by atoms with E-state index in [1.54, 1.807) is 0 Å². The molecule has 38 heavy (non-hydrogen) atoms. The van der Waals surface area contributed by atoms with E-state index in [4.69, 9.17) is 4.98 Å². The molecule has 0 amide bonds. The van der Waals surface area contributed by atoms with Crippen molar-refractivity contribution in [2.45, 2.75) is 111 Å². The smallest absolute Gasteiger partial charge is 0.388 e. The maximum absolute atomic E-state index is 13.4. The van der Waals surface area contributed by atoms with E-state index >= 15 is 0 Å². The third-order valence-electron chi connectivity index (χ3n) is 7.63. The summed E-state index contributed by atoms with van der Waals surface area (Å²) in [5.74, 6) is 0.837. The molecule has 0 saturated heterocycles. The molecule has 0 bridgehead atoms. The lowest BCUT2D eigenvalue weighted by Gasteiger charge is -2.37. The fraction of sp³-hybridized carbons (Fsp3) is 0.594. The minimum atomic E-state index is -4.50. The molecule has 0 fully saturated rings. The number of aliphatic hydroxyl groups is 2. The Morgan fingerprint density at radius 3 is 2.32 bits per heavy atom. The van der Waals surface area contributed by atoms with Crippen molar-refractivity contribution >= 4 is 5.57 Å². The van der Waals surface area contributed by atoms with Gasteiger partial charge in [0.1, 0.15) is 6.10 Å². The molecule has 0 radical (unpaired) electrons. The van der Waals surface area contributed by atoms with Crippen LogP contribution in [-0.4, -0.2) is 15.2 Å². The van der Waals surface area contributed by atoms with Crippen molar-refractivity contribution in [1.29, 1.82) is 0 Å². The van der Waals surface area contributed by atoms with Crippen LogP contribution in [0.25, 0.3) is 5.57 Å². The predicted octanol–water partition coefficient (Wildman–Crippen LogP) is 8.93. The van der Waals surface area contributed by atoms with Gasteiger partial charge in [-0.25, -0.2) is 0 Å². The number of allylic oxidation sites excluding steroid dienone is 2. The summed E-state index contributed by atoms with van der Waals surface area (Å²) in [6, 6.07) is 4.88. The van der Waals surface area contributed by atoms with Crippen molar-refractivity contribution in [2.24, 2.45) is 11.3 Å². The van der Waals surface area contributed by atoms with Crippen molar-refractivity contribution in [3.8, 4) is 0 Å². The number of alkyl halides is 3. The van der Waals surface area contributed by atoms with Crippen molar-refractivity contribution in [3.05, 3.63) is 69.5 Å². The van der Waals surface area contributed by atoms with Gasteiger partial charge in [-0.1, -0.05) is 73.1 Å². The molecule has 0 saturated carbocycles. The van der Waals surface area contributed by atoms with Crippen LogP contribution in [0.2, 0.25) is 0 Å². The number of pyridine rings is 1. The highest BCUT2D eigenvalue weighted by atomic mass is 19.4. The van der Waals surface area contributed by atoms with Crippen LogP contribution in [0, 0.1) is 11.3 Å². The number of aromatic nitrogens is 1. The van der Waals surface area contributed by atoms with Gasteiger partial charge in [0, 0.05) is 22.5 Å². The molecule has 2 N–H and O–H groups in total. The number of halogens is 3. The topological polar surface area (TPSA) is 53.4 Å². The molecule has 0 spiro atoms. The lowest BCUT2D eigenvalue weighted by atomic mass is 9.71. The minimum Gasteiger partial charge on any atom is -0.388 e. The number of aliphatic hydroxyl groups excluding tert-OH is 2. The fourth-order valence-corrected chi connectivity index (χ4v) is 5.34. The zero-order chi connectivity index (χ0) is 28.4. The third kappa shape index (κ3) is 6.87. The lowest BCUT2D eigenvalue weighted by Crippen LogP contribution is -2.29. The SMILES string of the molecule is CC(C)c1nc2c(c(C3=CCCC3)c1C(O)c1cccc(C(F)(F)F)c1)C(O)CC(C)(C)C2.CCC(C)C. The number of benzene rings is 1. The normalized spacial score (nSPS) is 19.6. The molecule has 1 aromatic carbocycles. The quantitative estimate of drug-likeness (QED) is 0.405. The average Bonchev–Trinajstić information content (AvgIpc) is 3.36. The molecule has 2 unspecified atom stereocenters. The molecule has 0 aliphatic heterocycles. The van der Waals surface area contributed by atoms with Crippen LogP contribution in [0.4, 0.5) is 13.2 Å². The molecular weight excluding hydrogens is 487 g/mol. The Bertz CT molecular complexity index is 1150. The molecule has 210 valence electrons. The standard InChI is InChI=1S/C27H32F3NO2.C5H12/c1-15(2)24-23(25(33)17-10-7-11-18(12-17)27(28,29)30)21(16-8-5-6-9-16)22-19(31-24)13-26(3,4)14-20(22)32;1-4-5(2)3/h7-8,10-12,15,20,25,32-33H,5-6,9,13-14H2,1-4H3;5H,4H2,1-3H3. The molecule has 6 heteroatoms. The van der Waals surface area contributed by atoms with Gasteiger partial charge in [0.05, 0.1) is 11.7 Å². The summed E-state index contributed by atoms with van der Waals surface area (Å²) in [5.41, 5.74) is 3.93. The largest absolute Gasteiger partial charge is 0.416 e. The van der Waals surface area contributed by atoms with E-state index in [2.05, 4.69) is 40.7 Å². The van der Waals surface area contributed by atoms with Gasteiger partial charge in [0.25, 0.3) is 0 Å². The second-order valence-electron chi connectivity index (χ2n) is 12.3. The summed E-state index contributed by atoms with van der Waals surface area (Å²) in [6.07, 6.45) is 0.905. The van der Waals surface area contributed by atoms with Crippen molar-refractivity contribution in [3.63, 3.8) is 0 Å². The van der Waals surface area contributed by atoms with Crippen LogP contribution < -0.4 is 0 Å². The van der Waals surface area contributed by atoms with Gasteiger partial charge in [0.2, 0.25) is 0 Å². The number of fused-ring (bicyclic) bond motifs is 1. The van der Waals surface area contributed by atoms with Crippen molar-refractivity contribution in [1.82, 2.24) is 4.98 Å². The Kier molecular flexibility index (Phi) is 9.52. The van der Waals surface area contributed by atoms with Crippen LogP contribution in [0.15, 0.2) is 30.3 Å². The predicted molar refractivity (Wildman–Crippen MR) is 148 cm³/mol.